The van der Waals surface area contributed by atoms with Crippen LogP contribution in [0.2, 0.25) is 0 Å². The molecule has 1 amide bonds. The SMILES string of the molecule is Cc1cc(C)n2nc(S[C@@H](C)C(=O)N(CCC#N)c3ccccc3)nc2n1. The molecule has 3 rings (SSSR count). The number of rotatable bonds is 6. The Labute approximate surface area is 162 Å². The number of fused-ring (bicyclic) bond motifs is 1. The summed E-state index contributed by atoms with van der Waals surface area (Å²) in [5.41, 5.74) is 2.59. The van der Waals surface area contributed by atoms with Crippen molar-refractivity contribution in [1.29, 1.82) is 5.26 Å². The number of nitriles is 1. The summed E-state index contributed by atoms with van der Waals surface area (Å²) in [6.07, 6.45) is 0.271. The van der Waals surface area contributed by atoms with Gasteiger partial charge in [-0.25, -0.2) is 9.50 Å². The first kappa shape index (κ1) is 18.9. The highest BCUT2D eigenvalue weighted by Gasteiger charge is 2.24. The standard InChI is InChI=1S/C19H20N6OS/c1-13-12-14(2)25-18(21-13)22-19(23-25)27-15(3)17(26)24(11-7-10-20)16-8-5-4-6-9-16/h4-6,8-9,12,15H,7,11H2,1-3H3/t15-/m0/s1. The van der Waals surface area contributed by atoms with Gasteiger partial charge in [0.2, 0.25) is 11.1 Å². The van der Waals surface area contributed by atoms with Crippen LogP contribution in [0.1, 0.15) is 24.7 Å². The number of thioether (sulfide) groups is 1. The topological polar surface area (TPSA) is 87.2 Å². The van der Waals surface area contributed by atoms with Crippen molar-refractivity contribution < 1.29 is 4.79 Å². The van der Waals surface area contributed by atoms with Gasteiger partial charge in [0.15, 0.2) is 0 Å². The van der Waals surface area contributed by atoms with Crippen LogP contribution in [0.25, 0.3) is 5.78 Å². The zero-order valence-corrected chi connectivity index (χ0v) is 16.3. The van der Waals surface area contributed by atoms with Crippen molar-refractivity contribution in [2.45, 2.75) is 37.6 Å². The molecule has 0 N–H and O–H groups in total. The Bertz CT molecular complexity index is 995. The van der Waals surface area contributed by atoms with Crippen LogP contribution in [0.3, 0.4) is 0 Å². The fourth-order valence-electron chi connectivity index (χ4n) is 2.76. The molecule has 0 unspecified atom stereocenters. The molecule has 0 saturated carbocycles. The third-order valence-corrected chi connectivity index (χ3v) is 4.95. The molecule has 0 aliphatic carbocycles. The molecule has 0 radical (unpaired) electrons. The molecule has 0 bridgehead atoms. The highest BCUT2D eigenvalue weighted by atomic mass is 32.2. The molecule has 1 atom stereocenters. The fraction of sp³-hybridized carbons (Fsp3) is 0.316. The first-order chi connectivity index (χ1) is 13.0. The number of carbonyl (C=O) groups is 1. The summed E-state index contributed by atoms with van der Waals surface area (Å²) in [5, 5.41) is 13.5. The van der Waals surface area contributed by atoms with E-state index in [9.17, 15) is 4.79 Å². The maximum Gasteiger partial charge on any atom is 0.253 e. The van der Waals surface area contributed by atoms with Gasteiger partial charge in [0, 0.05) is 23.6 Å². The predicted octanol–water partition coefficient (Wildman–Crippen LogP) is 3.17. The van der Waals surface area contributed by atoms with E-state index in [1.54, 1.807) is 9.42 Å². The molecule has 7 nitrogen and oxygen atoms in total. The number of carbonyl (C=O) groups excluding carboxylic acids is 1. The van der Waals surface area contributed by atoms with Crippen molar-refractivity contribution in [3.05, 3.63) is 47.8 Å². The maximum absolute atomic E-state index is 13.0. The van der Waals surface area contributed by atoms with Crippen LogP contribution in [0.5, 0.6) is 0 Å². The number of anilines is 1. The molecule has 0 aliphatic rings. The molecule has 0 saturated heterocycles. The molecule has 138 valence electrons. The van der Waals surface area contributed by atoms with Gasteiger partial charge in [-0.1, -0.05) is 30.0 Å². The van der Waals surface area contributed by atoms with E-state index in [2.05, 4.69) is 21.1 Å². The van der Waals surface area contributed by atoms with Crippen molar-refractivity contribution in [1.82, 2.24) is 19.6 Å². The van der Waals surface area contributed by atoms with E-state index < -0.39 is 5.25 Å². The zero-order chi connectivity index (χ0) is 19.4. The van der Waals surface area contributed by atoms with Crippen LogP contribution in [0.15, 0.2) is 41.6 Å². The molecular formula is C19H20N6OS. The second-order valence-electron chi connectivity index (χ2n) is 6.14. The fourth-order valence-corrected chi connectivity index (χ4v) is 3.57. The van der Waals surface area contributed by atoms with E-state index in [-0.39, 0.29) is 12.3 Å². The van der Waals surface area contributed by atoms with Crippen LogP contribution in [-0.4, -0.2) is 37.3 Å². The second-order valence-corrected chi connectivity index (χ2v) is 7.45. The Balaban J connectivity index is 1.81. The molecule has 2 heterocycles. The molecular weight excluding hydrogens is 360 g/mol. The zero-order valence-electron chi connectivity index (χ0n) is 15.5. The summed E-state index contributed by atoms with van der Waals surface area (Å²) in [6, 6.07) is 13.4. The quantitative estimate of drug-likeness (QED) is 0.611. The molecule has 0 spiro atoms. The normalized spacial score (nSPS) is 11.9. The summed E-state index contributed by atoms with van der Waals surface area (Å²) < 4.78 is 1.68. The number of para-hydroxylation sites is 1. The van der Waals surface area contributed by atoms with Crippen molar-refractivity contribution in [2.75, 3.05) is 11.4 Å². The number of aryl methyl sites for hydroxylation is 2. The van der Waals surface area contributed by atoms with E-state index in [0.29, 0.717) is 17.5 Å². The third kappa shape index (κ3) is 4.26. The summed E-state index contributed by atoms with van der Waals surface area (Å²) in [6.45, 7) is 6.03. The van der Waals surface area contributed by atoms with E-state index in [1.807, 2.05) is 57.2 Å². The smallest absolute Gasteiger partial charge is 0.253 e. The Morgan fingerprint density at radius 3 is 2.74 bits per heavy atom. The Hall–Kier alpha value is -2.92. The first-order valence-electron chi connectivity index (χ1n) is 8.60. The van der Waals surface area contributed by atoms with E-state index in [1.165, 1.54) is 11.8 Å². The summed E-state index contributed by atoms with van der Waals surface area (Å²) >= 11 is 1.29. The molecule has 2 aromatic heterocycles. The van der Waals surface area contributed by atoms with Gasteiger partial charge >= 0.3 is 0 Å². The number of amides is 1. The maximum atomic E-state index is 13.0. The number of nitrogens with zero attached hydrogens (tertiary/aromatic N) is 6. The Morgan fingerprint density at radius 2 is 2.04 bits per heavy atom. The van der Waals surface area contributed by atoms with Gasteiger partial charge in [-0.05, 0) is 39.0 Å². The molecule has 0 aliphatic heterocycles. The predicted molar refractivity (Wildman–Crippen MR) is 105 cm³/mol. The Morgan fingerprint density at radius 1 is 1.30 bits per heavy atom. The van der Waals surface area contributed by atoms with Gasteiger partial charge in [-0.3, -0.25) is 4.79 Å². The molecule has 1 aromatic carbocycles. The number of hydrogen-bond donors (Lipinski definition) is 0. The molecule has 3 aromatic rings. The average Bonchev–Trinajstić information content (AvgIpc) is 3.05. The van der Waals surface area contributed by atoms with Crippen LogP contribution in [-0.2, 0) is 4.79 Å². The number of aromatic nitrogens is 4. The van der Waals surface area contributed by atoms with Gasteiger partial charge in [0.1, 0.15) is 0 Å². The van der Waals surface area contributed by atoms with Crippen LogP contribution in [0, 0.1) is 25.2 Å². The van der Waals surface area contributed by atoms with E-state index >= 15 is 0 Å². The highest BCUT2D eigenvalue weighted by Crippen LogP contribution is 2.25. The minimum Gasteiger partial charge on any atom is -0.310 e. The lowest BCUT2D eigenvalue weighted by atomic mass is 10.2. The first-order valence-corrected chi connectivity index (χ1v) is 9.48. The lowest BCUT2D eigenvalue weighted by molar-refractivity contribution is -0.117. The lowest BCUT2D eigenvalue weighted by Crippen LogP contribution is -2.37. The van der Waals surface area contributed by atoms with Crippen molar-refractivity contribution in [3.8, 4) is 6.07 Å². The third-order valence-electron chi connectivity index (χ3n) is 4.01. The number of hydrogen-bond acceptors (Lipinski definition) is 6. The average molecular weight is 380 g/mol. The summed E-state index contributed by atoms with van der Waals surface area (Å²) in [5.74, 6) is 0.445. The largest absolute Gasteiger partial charge is 0.310 e. The molecule has 0 fully saturated rings. The molecule has 8 heteroatoms. The summed E-state index contributed by atoms with van der Waals surface area (Å²) in [4.78, 5) is 23.5. The molecule has 27 heavy (non-hydrogen) atoms. The lowest BCUT2D eigenvalue weighted by Gasteiger charge is -2.24. The van der Waals surface area contributed by atoms with Crippen molar-refractivity contribution in [2.24, 2.45) is 0 Å². The van der Waals surface area contributed by atoms with Gasteiger partial charge in [-0.2, -0.15) is 10.2 Å². The van der Waals surface area contributed by atoms with E-state index in [4.69, 9.17) is 5.26 Å². The minimum atomic E-state index is -0.400. The Kier molecular flexibility index (Phi) is 5.72. The van der Waals surface area contributed by atoms with Crippen LogP contribution >= 0.6 is 11.8 Å². The van der Waals surface area contributed by atoms with Gasteiger partial charge in [-0.15, -0.1) is 5.10 Å². The summed E-state index contributed by atoms with van der Waals surface area (Å²) in [7, 11) is 0. The van der Waals surface area contributed by atoms with Crippen LogP contribution < -0.4 is 4.90 Å². The van der Waals surface area contributed by atoms with E-state index in [0.717, 1.165) is 17.1 Å². The van der Waals surface area contributed by atoms with Crippen molar-refractivity contribution >= 4 is 29.1 Å². The second kappa shape index (κ2) is 8.18. The monoisotopic (exact) mass is 380 g/mol. The van der Waals surface area contributed by atoms with Gasteiger partial charge in [0.25, 0.3) is 5.78 Å². The van der Waals surface area contributed by atoms with Gasteiger partial charge < -0.3 is 4.90 Å². The van der Waals surface area contributed by atoms with Crippen LogP contribution in [0.4, 0.5) is 5.69 Å². The van der Waals surface area contributed by atoms with Crippen molar-refractivity contribution in [3.63, 3.8) is 0 Å². The highest BCUT2D eigenvalue weighted by molar-refractivity contribution is 8.00. The van der Waals surface area contributed by atoms with Gasteiger partial charge in [0.05, 0.1) is 17.7 Å². The number of benzene rings is 1. The minimum absolute atomic E-state index is 0.0823.